The summed E-state index contributed by atoms with van der Waals surface area (Å²) < 4.78 is 5.59. The van der Waals surface area contributed by atoms with Crippen LogP contribution in [-0.4, -0.2) is 18.1 Å². The summed E-state index contributed by atoms with van der Waals surface area (Å²) in [5.41, 5.74) is 6.51. The van der Waals surface area contributed by atoms with Crippen molar-refractivity contribution in [3.63, 3.8) is 0 Å². The molecule has 5 nitrogen and oxygen atoms in total. The molecule has 0 radical (unpaired) electrons. The third-order valence-electron chi connectivity index (χ3n) is 2.32. The number of hydrogen-bond donors (Lipinski definition) is 2. The molecule has 84 valence electrons. The predicted molar refractivity (Wildman–Crippen MR) is 60.9 cm³/mol. The highest BCUT2D eigenvalue weighted by Crippen LogP contribution is 2.30. The standard InChI is InChI=1S/C10H9BrN2O3/c11-6-2-1-3-7-5(6)4-8(9(14)13-7)16-10(12)15/h1-3,8H,4H2,(H2,12,15)(H,13,14). The lowest BCUT2D eigenvalue weighted by Gasteiger charge is -2.24. The van der Waals surface area contributed by atoms with E-state index in [4.69, 9.17) is 10.5 Å². The highest BCUT2D eigenvalue weighted by Gasteiger charge is 2.29. The Bertz CT molecular complexity index is 461. The molecule has 0 bridgehead atoms. The molecule has 16 heavy (non-hydrogen) atoms. The van der Waals surface area contributed by atoms with Gasteiger partial charge < -0.3 is 15.8 Å². The molecule has 0 saturated heterocycles. The van der Waals surface area contributed by atoms with Gasteiger partial charge in [0.25, 0.3) is 5.91 Å². The lowest BCUT2D eigenvalue weighted by Crippen LogP contribution is -2.39. The minimum Gasteiger partial charge on any atom is -0.436 e. The van der Waals surface area contributed by atoms with Crippen molar-refractivity contribution >= 4 is 33.6 Å². The number of anilines is 1. The van der Waals surface area contributed by atoms with Gasteiger partial charge in [-0.25, -0.2) is 4.79 Å². The summed E-state index contributed by atoms with van der Waals surface area (Å²) in [7, 11) is 0. The molecule has 3 N–H and O–H groups in total. The second kappa shape index (κ2) is 4.13. The Kier molecular flexibility index (Phi) is 2.82. The normalized spacial score (nSPS) is 18.6. The molecular weight excluding hydrogens is 276 g/mol. The Morgan fingerprint density at radius 2 is 2.31 bits per heavy atom. The number of benzene rings is 1. The molecule has 2 rings (SSSR count). The van der Waals surface area contributed by atoms with Gasteiger partial charge in [0.15, 0.2) is 6.10 Å². The van der Waals surface area contributed by atoms with Crippen LogP contribution >= 0.6 is 15.9 Å². The Balaban J connectivity index is 2.30. The number of primary amides is 1. The zero-order valence-electron chi connectivity index (χ0n) is 8.20. The van der Waals surface area contributed by atoms with Crippen LogP contribution < -0.4 is 11.1 Å². The van der Waals surface area contributed by atoms with E-state index >= 15 is 0 Å². The molecular formula is C10H9BrN2O3. The van der Waals surface area contributed by atoms with Gasteiger partial charge in [-0.05, 0) is 17.7 Å². The average Bonchev–Trinajstić information content (AvgIpc) is 2.20. The van der Waals surface area contributed by atoms with Crippen LogP contribution in [0, 0.1) is 0 Å². The molecule has 0 fully saturated rings. The number of rotatable bonds is 1. The van der Waals surface area contributed by atoms with E-state index in [0.29, 0.717) is 6.42 Å². The van der Waals surface area contributed by atoms with E-state index in [1.807, 2.05) is 12.1 Å². The van der Waals surface area contributed by atoms with E-state index in [-0.39, 0.29) is 5.91 Å². The molecule has 0 aromatic heterocycles. The number of nitrogens with two attached hydrogens (primary N) is 1. The minimum absolute atomic E-state index is 0.325. The van der Waals surface area contributed by atoms with E-state index in [9.17, 15) is 9.59 Å². The Morgan fingerprint density at radius 3 is 3.00 bits per heavy atom. The molecule has 0 spiro atoms. The average molecular weight is 285 g/mol. The van der Waals surface area contributed by atoms with Gasteiger partial charge in [0.1, 0.15) is 0 Å². The summed E-state index contributed by atoms with van der Waals surface area (Å²) in [6.07, 6.45) is -1.48. The fourth-order valence-corrected chi connectivity index (χ4v) is 2.14. The van der Waals surface area contributed by atoms with Crippen LogP contribution in [0.25, 0.3) is 0 Å². The number of carbonyl (C=O) groups is 2. The first-order chi connectivity index (χ1) is 7.58. The van der Waals surface area contributed by atoms with E-state index in [2.05, 4.69) is 21.2 Å². The van der Waals surface area contributed by atoms with Crippen molar-refractivity contribution in [2.24, 2.45) is 5.73 Å². The van der Waals surface area contributed by atoms with Gasteiger partial charge in [0, 0.05) is 16.6 Å². The number of ether oxygens (including phenoxy) is 1. The first-order valence-corrected chi connectivity index (χ1v) is 5.41. The molecule has 1 aromatic rings. The number of amides is 2. The maximum atomic E-state index is 11.5. The molecule has 1 aliphatic heterocycles. The first-order valence-electron chi connectivity index (χ1n) is 4.62. The molecule has 1 aliphatic rings. The fraction of sp³-hybridized carbons (Fsp3) is 0.200. The van der Waals surface area contributed by atoms with Crippen molar-refractivity contribution in [3.8, 4) is 0 Å². The lowest BCUT2D eigenvalue weighted by atomic mass is 10.0. The van der Waals surface area contributed by atoms with Crippen LogP contribution in [0.15, 0.2) is 22.7 Å². The summed E-state index contributed by atoms with van der Waals surface area (Å²) in [5.74, 6) is -0.357. The van der Waals surface area contributed by atoms with Crippen molar-refractivity contribution in [2.45, 2.75) is 12.5 Å². The predicted octanol–water partition coefficient (Wildman–Crippen LogP) is 1.41. The summed E-state index contributed by atoms with van der Waals surface area (Å²) in [5, 5.41) is 2.65. The van der Waals surface area contributed by atoms with Crippen LogP contribution in [0.1, 0.15) is 5.56 Å². The highest BCUT2D eigenvalue weighted by atomic mass is 79.9. The van der Waals surface area contributed by atoms with Crippen LogP contribution in [0.5, 0.6) is 0 Å². The zero-order valence-corrected chi connectivity index (χ0v) is 9.78. The van der Waals surface area contributed by atoms with Gasteiger partial charge in [0.2, 0.25) is 0 Å². The van der Waals surface area contributed by atoms with Gasteiger partial charge in [-0.15, -0.1) is 0 Å². The number of fused-ring (bicyclic) bond motifs is 1. The number of hydrogen-bond acceptors (Lipinski definition) is 3. The van der Waals surface area contributed by atoms with Crippen LogP contribution in [0.2, 0.25) is 0 Å². The molecule has 1 unspecified atom stereocenters. The minimum atomic E-state index is -0.948. The first kappa shape index (κ1) is 10.9. The van der Waals surface area contributed by atoms with Crippen LogP contribution in [-0.2, 0) is 16.0 Å². The number of carbonyl (C=O) groups excluding carboxylic acids is 2. The molecule has 1 atom stereocenters. The number of nitrogens with one attached hydrogen (secondary N) is 1. The monoisotopic (exact) mass is 284 g/mol. The van der Waals surface area contributed by atoms with E-state index in [0.717, 1.165) is 15.7 Å². The van der Waals surface area contributed by atoms with Gasteiger partial charge in [-0.1, -0.05) is 22.0 Å². The Labute approximate surface area is 100 Å². The van der Waals surface area contributed by atoms with Gasteiger partial charge in [0.05, 0.1) is 0 Å². The second-order valence-corrected chi connectivity index (χ2v) is 4.24. The van der Waals surface area contributed by atoms with Gasteiger partial charge in [-0.3, -0.25) is 4.79 Å². The third kappa shape index (κ3) is 2.01. The topological polar surface area (TPSA) is 81.4 Å². The highest BCUT2D eigenvalue weighted by molar-refractivity contribution is 9.10. The lowest BCUT2D eigenvalue weighted by molar-refractivity contribution is -0.124. The van der Waals surface area contributed by atoms with Crippen molar-refractivity contribution in [2.75, 3.05) is 5.32 Å². The van der Waals surface area contributed by atoms with Gasteiger partial charge in [-0.2, -0.15) is 0 Å². The smallest absolute Gasteiger partial charge is 0.405 e. The van der Waals surface area contributed by atoms with Crippen LogP contribution in [0.3, 0.4) is 0 Å². The fourth-order valence-electron chi connectivity index (χ4n) is 1.61. The second-order valence-electron chi connectivity index (χ2n) is 3.38. The molecule has 2 amide bonds. The third-order valence-corrected chi connectivity index (χ3v) is 3.06. The van der Waals surface area contributed by atoms with Crippen molar-refractivity contribution < 1.29 is 14.3 Å². The largest absolute Gasteiger partial charge is 0.436 e. The van der Waals surface area contributed by atoms with Gasteiger partial charge >= 0.3 is 6.09 Å². The number of halogens is 1. The quantitative estimate of drug-likeness (QED) is 0.818. The van der Waals surface area contributed by atoms with Crippen molar-refractivity contribution in [3.05, 3.63) is 28.2 Å². The summed E-state index contributed by atoms with van der Waals surface area (Å²) in [6, 6.07) is 5.47. The molecule has 1 heterocycles. The molecule has 1 aromatic carbocycles. The zero-order chi connectivity index (χ0) is 11.7. The van der Waals surface area contributed by atoms with E-state index < -0.39 is 12.2 Å². The summed E-state index contributed by atoms with van der Waals surface area (Å²) in [6.45, 7) is 0. The van der Waals surface area contributed by atoms with Crippen LogP contribution in [0.4, 0.5) is 10.5 Å². The maximum Gasteiger partial charge on any atom is 0.405 e. The summed E-state index contributed by atoms with van der Waals surface area (Å²) in [4.78, 5) is 22.2. The molecule has 6 heteroatoms. The van der Waals surface area contributed by atoms with E-state index in [1.54, 1.807) is 6.07 Å². The summed E-state index contributed by atoms with van der Waals surface area (Å²) >= 11 is 3.37. The van der Waals surface area contributed by atoms with Crippen molar-refractivity contribution in [1.29, 1.82) is 0 Å². The van der Waals surface area contributed by atoms with Crippen molar-refractivity contribution in [1.82, 2.24) is 0 Å². The SMILES string of the molecule is NC(=O)OC1Cc2c(Br)cccc2NC1=O. The Morgan fingerprint density at radius 1 is 1.56 bits per heavy atom. The molecule has 0 aliphatic carbocycles. The van der Waals surface area contributed by atoms with E-state index in [1.165, 1.54) is 0 Å². The maximum absolute atomic E-state index is 11.5. The molecule has 0 saturated carbocycles. The Hall–Kier alpha value is -1.56.